The van der Waals surface area contributed by atoms with Gasteiger partial charge in [0.2, 0.25) is 0 Å². The van der Waals surface area contributed by atoms with Gasteiger partial charge in [-0.05, 0) is 30.3 Å². The second-order valence-corrected chi connectivity index (χ2v) is 4.56. The summed E-state index contributed by atoms with van der Waals surface area (Å²) in [5.41, 5.74) is 0.812. The summed E-state index contributed by atoms with van der Waals surface area (Å²) in [6.07, 6.45) is 1.67. The smallest absolute Gasteiger partial charge is 0.130 e. The van der Waals surface area contributed by atoms with E-state index in [1.54, 1.807) is 18.3 Å². The Hall–Kier alpha value is -1.06. The Morgan fingerprint density at radius 2 is 2.12 bits per heavy atom. The first-order valence-electron chi connectivity index (χ1n) is 4.73. The van der Waals surface area contributed by atoms with E-state index in [9.17, 15) is 0 Å². The van der Waals surface area contributed by atoms with Crippen LogP contribution < -0.4 is 4.74 Å². The third-order valence-corrected chi connectivity index (χ3v) is 2.69. The summed E-state index contributed by atoms with van der Waals surface area (Å²) in [5.74, 6) is 0.802. The van der Waals surface area contributed by atoms with Crippen LogP contribution in [0.4, 0.5) is 0 Å². The number of nitrogens with zero attached hydrogens (tertiary/aromatic N) is 1. The fourth-order valence-corrected chi connectivity index (χ4v) is 1.80. The minimum absolute atomic E-state index is 0.414. The molecule has 0 aliphatic rings. The van der Waals surface area contributed by atoms with Gasteiger partial charge in [-0.1, -0.05) is 33.6 Å². The average molecular weight is 299 g/mol. The molecular weight excluding hydrogens is 289 g/mol. The molecule has 16 heavy (non-hydrogen) atoms. The molecule has 0 amide bonds. The van der Waals surface area contributed by atoms with Crippen molar-refractivity contribution in [3.8, 4) is 5.75 Å². The summed E-state index contributed by atoms with van der Waals surface area (Å²) in [7, 11) is 0. The molecule has 0 spiro atoms. The highest BCUT2D eigenvalue weighted by Crippen LogP contribution is 2.19. The van der Waals surface area contributed by atoms with Gasteiger partial charge in [0.15, 0.2) is 0 Å². The Bertz CT molecular complexity index is 444. The predicted octanol–water partition coefficient (Wildman–Crippen LogP) is 4.08. The number of halogens is 2. The van der Waals surface area contributed by atoms with Crippen LogP contribution >= 0.6 is 27.5 Å². The van der Waals surface area contributed by atoms with Crippen molar-refractivity contribution in [2.45, 2.75) is 6.61 Å². The van der Waals surface area contributed by atoms with Gasteiger partial charge in [0, 0.05) is 15.7 Å². The Morgan fingerprint density at radius 1 is 1.25 bits per heavy atom. The lowest BCUT2D eigenvalue weighted by Crippen LogP contribution is -1.97. The third-order valence-electron chi connectivity index (χ3n) is 1.96. The summed E-state index contributed by atoms with van der Waals surface area (Å²) in [6.45, 7) is 0.414. The van der Waals surface area contributed by atoms with Gasteiger partial charge in [-0.3, -0.25) is 4.98 Å². The van der Waals surface area contributed by atoms with Crippen LogP contribution in [0.1, 0.15) is 5.69 Å². The Morgan fingerprint density at radius 3 is 2.88 bits per heavy atom. The highest BCUT2D eigenvalue weighted by atomic mass is 79.9. The molecule has 1 aromatic heterocycles. The van der Waals surface area contributed by atoms with Gasteiger partial charge in [-0.25, -0.2) is 0 Å². The minimum Gasteiger partial charge on any atom is -0.487 e. The summed E-state index contributed by atoms with van der Waals surface area (Å²) in [6, 6.07) is 11.2. The molecule has 0 bridgehead atoms. The van der Waals surface area contributed by atoms with E-state index in [4.69, 9.17) is 16.3 Å². The molecule has 82 valence electrons. The van der Waals surface area contributed by atoms with Crippen molar-refractivity contribution in [3.63, 3.8) is 0 Å². The molecule has 0 unspecified atom stereocenters. The first-order chi connectivity index (χ1) is 7.74. The first-order valence-corrected chi connectivity index (χ1v) is 5.90. The number of rotatable bonds is 3. The Kier molecular flexibility index (Phi) is 3.80. The highest BCUT2D eigenvalue weighted by molar-refractivity contribution is 9.10. The fraction of sp³-hybridized carbons (Fsp3) is 0.0833. The zero-order chi connectivity index (χ0) is 11.4. The molecule has 0 fully saturated rings. The number of hydrogen-bond donors (Lipinski definition) is 0. The molecule has 2 aromatic rings. The van der Waals surface area contributed by atoms with Crippen LogP contribution in [-0.4, -0.2) is 4.98 Å². The van der Waals surface area contributed by atoms with Crippen molar-refractivity contribution in [1.82, 2.24) is 4.98 Å². The van der Waals surface area contributed by atoms with Gasteiger partial charge in [0.05, 0.1) is 5.69 Å². The van der Waals surface area contributed by atoms with Gasteiger partial charge in [-0.2, -0.15) is 0 Å². The SMILES string of the molecule is Clc1ccnc(COc2cccc(Br)c2)c1. The molecule has 0 aliphatic heterocycles. The molecule has 2 rings (SSSR count). The van der Waals surface area contributed by atoms with Crippen molar-refractivity contribution in [2.24, 2.45) is 0 Å². The summed E-state index contributed by atoms with van der Waals surface area (Å²) in [4.78, 5) is 4.16. The Labute approximate surface area is 107 Å². The first kappa shape index (κ1) is 11.4. The van der Waals surface area contributed by atoms with Crippen LogP contribution in [-0.2, 0) is 6.61 Å². The van der Waals surface area contributed by atoms with Gasteiger partial charge in [0.25, 0.3) is 0 Å². The number of hydrogen-bond acceptors (Lipinski definition) is 2. The van der Waals surface area contributed by atoms with Crippen LogP contribution in [0.3, 0.4) is 0 Å². The number of ether oxygens (including phenoxy) is 1. The lowest BCUT2D eigenvalue weighted by molar-refractivity contribution is 0.301. The van der Waals surface area contributed by atoms with E-state index >= 15 is 0 Å². The topological polar surface area (TPSA) is 22.1 Å². The van der Waals surface area contributed by atoms with Crippen molar-refractivity contribution < 1.29 is 4.74 Å². The van der Waals surface area contributed by atoms with Gasteiger partial charge in [-0.15, -0.1) is 0 Å². The monoisotopic (exact) mass is 297 g/mol. The molecule has 0 radical (unpaired) electrons. The van der Waals surface area contributed by atoms with Crippen molar-refractivity contribution in [1.29, 1.82) is 0 Å². The molecule has 0 saturated heterocycles. The maximum absolute atomic E-state index is 5.85. The second kappa shape index (κ2) is 5.32. The zero-order valence-corrected chi connectivity index (χ0v) is 10.7. The van der Waals surface area contributed by atoms with Gasteiger partial charge in [0.1, 0.15) is 12.4 Å². The average Bonchev–Trinajstić information content (AvgIpc) is 2.27. The standard InChI is InChI=1S/C12H9BrClNO/c13-9-2-1-3-12(6-9)16-8-11-7-10(14)4-5-15-11/h1-7H,8H2. The normalized spacial score (nSPS) is 10.1. The van der Waals surface area contributed by atoms with Crippen molar-refractivity contribution in [3.05, 3.63) is 57.8 Å². The van der Waals surface area contributed by atoms with Crippen molar-refractivity contribution >= 4 is 27.5 Å². The zero-order valence-electron chi connectivity index (χ0n) is 8.36. The van der Waals surface area contributed by atoms with Crippen LogP contribution in [0.2, 0.25) is 5.02 Å². The molecule has 1 heterocycles. The molecule has 1 aromatic carbocycles. The maximum atomic E-state index is 5.85. The molecule has 0 N–H and O–H groups in total. The van der Waals surface area contributed by atoms with Gasteiger partial charge >= 0.3 is 0 Å². The maximum Gasteiger partial charge on any atom is 0.130 e. The second-order valence-electron chi connectivity index (χ2n) is 3.21. The lowest BCUT2D eigenvalue weighted by atomic mass is 10.3. The van der Waals surface area contributed by atoms with E-state index in [0.717, 1.165) is 15.9 Å². The van der Waals surface area contributed by atoms with E-state index in [0.29, 0.717) is 11.6 Å². The van der Waals surface area contributed by atoms with Gasteiger partial charge < -0.3 is 4.74 Å². The number of pyridine rings is 1. The molecule has 0 atom stereocenters. The summed E-state index contributed by atoms with van der Waals surface area (Å²) in [5, 5.41) is 0.669. The van der Waals surface area contributed by atoms with Crippen molar-refractivity contribution in [2.75, 3.05) is 0 Å². The number of benzene rings is 1. The third kappa shape index (κ3) is 3.22. The van der Waals surface area contributed by atoms with Crippen LogP contribution in [0, 0.1) is 0 Å². The fourth-order valence-electron chi connectivity index (χ4n) is 1.24. The molecule has 0 saturated carbocycles. The molecular formula is C12H9BrClNO. The van der Waals surface area contributed by atoms with E-state index in [-0.39, 0.29) is 0 Å². The number of aromatic nitrogens is 1. The summed E-state index contributed by atoms with van der Waals surface area (Å²) >= 11 is 9.23. The van der Waals surface area contributed by atoms with Crippen LogP contribution in [0.5, 0.6) is 5.75 Å². The van der Waals surface area contributed by atoms with E-state index in [1.807, 2.05) is 24.3 Å². The molecule has 2 nitrogen and oxygen atoms in total. The Balaban J connectivity index is 2.02. The predicted molar refractivity (Wildman–Crippen MR) is 67.7 cm³/mol. The van der Waals surface area contributed by atoms with E-state index in [2.05, 4.69) is 20.9 Å². The van der Waals surface area contributed by atoms with Crippen LogP contribution in [0.15, 0.2) is 47.1 Å². The highest BCUT2D eigenvalue weighted by Gasteiger charge is 1.98. The van der Waals surface area contributed by atoms with Crippen LogP contribution in [0.25, 0.3) is 0 Å². The largest absolute Gasteiger partial charge is 0.487 e. The lowest BCUT2D eigenvalue weighted by Gasteiger charge is -2.05. The quantitative estimate of drug-likeness (QED) is 0.852. The van der Waals surface area contributed by atoms with E-state index < -0.39 is 0 Å². The minimum atomic E-state index is 0.414. The van der Waals surface area contributed by atoms with E-state index in [1.165, 1.54) is 0 Å². The molecule has 4 heteroatoms. The molecule has 0 aliphatic carbocycles. The summed E-state index contributed by atoms with van der Waals surface area (Å²) < 4.78 is 6.57.